The van der Waals surface area contributed by atoms with Crippen LogP contribution in [0.3, 0.4) is 0 Å². The number of ether oxygens (including phenoxy) is 1. The average Bonchev–Trinajstić information content (AvgIpc) is 3.19. The zero-order valence-electron chi connectivity index (χ0n) is 36.5. The maximum Gasteiger partial charge on any atom is 0.306 e. The molecule has 0 aromatic rings. The van der Waals surface area contributed by atoms with E-state index in [1.165, 1.54) is 57.8 Å². The van der Waals surface area contributed by atoms with Crippen molar-refractivity contribution in [2.24, 2.45) is 0 Å². The van der Waals surface area contributed by atoms with Crippen LogP contribution in [0.15, 0.2) is 72.9 Å². The molecule has 0 aliphatic rings. The predicted molar refractivity (Wildman–Crippen MR) is 241 cm³/mol. The van der Waals surface area contributed by atoms with E-state index in [-0.39, 0.29) is 24.9 Å². The van der Waals surface area contributed by atoms with Gasteiger partial charge in [-0.15, -0.1) is 0 Å². The molecular weight excluding hydrogens is 695 g/mol. The molecule has 3 atom stereocenters. The first-order valence-electron chi connectivity index (χ1n) is 23.2. The molecule has 0 radical (unpaired) electrons. The van der Waals surface area contributed by atoms with Crippen LogP contribution in [0.25, 0.3) is 0 Å². The van der Waals surface area contributed by atoms with E-state index in [0.717, 1.165) is 103 Å². The molecule has 0 saturated carbocycles. The lowest BCUT2D eigenvalue weighted by molar-refractivity contribution is -0.151. The summed E-state index contributed by atoms with van der Waals surface area (Å²) < 4.78 is 5.87. The SMILES string of the molecule is CCC/C=C\CCCCCC(CC(=O)NC(CO)C(O)CCCCCCCCCCCCC)OC(=O)CCCCCCC/C=C/C=C/C=C/C=C/C=C/CCC. The van der Waals surface area contributed by atoms with Gasteiger partial charge in [0.05, 0.1) is 25.2 Å². The third kappa shape index (κ3) is 38.2. The van der Waals surface area contributed by atoms with Crippen LogP contribution in [-0.2, 0) is 14.3 Å². The Hall–Kier alpha value is -2.70. The molecule has 0 aliphatic carbocycles. The molecule has 0 saturated heterocycles. The molecule has 0 bridgehead atoms. The maximum absolute atomic E-state index is 13.1. The smallest absolute Gasteiger partial charge is 0.306 e. The molecule has 0 aromatic carbocycles. The highest BCUT2D eigenvalue weighted by atomic mass is 16.5. The molecule has 6 heteroatoms. The minimum absolute atomic E-state index is 0.0522. The van der Waals surface area contributed by atoms with Gasteiger partial charge in [-0.2, -0.15) is 0 Å². The fourth-order valence-electron chi connectivity index (χ4n) is 6.58. The minimum Gasteiger partial charge on any atom is -0.462 e. The molecule has 3 N–H and O–H groups in total. The number of aliphatic hydroxyl groups is 2. The van der Waals surface area contributed by atoms with E-state index in [1.807, 2.05) is 24.3 Å². The number of nitrogens with one attached hydrogen (secondary N) is 1. The van der Waals surface area contributed by atoms with Gasteiger partial charge in [-0.25, -0.2) is 0 Å². The Morgan fingerprint density at radius 2 is 0.964 bits per heavy atom. The molecule has 0 aromatic heterocycles. The topological polar surface area (TPSA) is 95.9 Å². The van der Waals surface area contributed by atoms with Gasteiger partial charge in [-0.3, -0.25) is 9.59 Å². The van der Waals surface area contributed by atoms with E-state index < -0.39 is 18.2 Å². The lowest BCUT2D eigenvalue weighted by Gasteiger charge is -2.24. The van der Waals surface area contributed by atoms with Gasteiger partial charge in [0.1, 0.15) is 6.10 Å². The Labute approximate surface area is 345 Å². The van der Waals surface area contributed by atoms with E-state index in [9.17, 15) is 19.8 Å². The number of carbonyl (C=O) groups is 2. The lowest BCUT2D eigenvalue weighted by Crippen LogP contribution is -2.46. The Kier molecular flexibility index (Phi) is 41.3. The van der Waals surface area contributed by atoms with Gasteiger partial charge in [0.2, 0.25) is 5.91 Å². The second kappa shape index (κ2) is 43.4. The molecule has 0 heterocycles. The Morgan fingerprint density at radius 1 is 0.518 bits per heavy atom. The van der Waals surface area contributed by atoms with Crippen molar-refractivity contribution in [1.82, 2.24) is 5.32 Å². The standard InChI is InChI=1S/C50H87NO5/c1-4-7-10-13-16-19-21-22-23-24-25-26-27-29-31-34-37-40-43-50(55)56-46(41-38-35-32-18-15-12-9-6-3)44-49(54)51-47(45-52)48(53)42-39-36-33-30-28-20-17-14-11-8-5-2/h10,12-13,15-16,19,21-26,46-48,52-53H,4-9,11,14,17-18,20,27-45H2,1-3H3,(H,51,54)/b13-10+,15-12-,19-16+,22-21+,24-23+,26-25+. The maximum atomic E-state index is 13.1. The molecule has 6 nitrogen and oxygen atoms in total. The van der Waals surface area contributed by atoms with Crippen LogP contribution in [0.5, 0.6) is 0 Å². The van der Waals surface area contributed by atoms with Crippen molar-refractivity contribution < 1.29 is 24.5 Å². The summed E-state index contributed by atoms with van der Waals surface area (Å²) in [6, 6.07) is -0.712. The van der Waals surface area contributed by atoms with E-state index in [4.69, 9.17) is 4.74 Å². The summed E-state index contributed by atoms with van der Waals surface area (Å²) in [6.07, 6.45) is 53.9. The largest absolute Gasteiger partial charge is 0.462 e. The van der Waals surface area contributed by atoms with Gasteiger partial charge < -0.3 is 20.3 Å². The summed E-state index contributed by atoms with van der Waals surface area (Å²) in [5.41, 5.74) is 0. The number of unbranched alkanes of at least 4 members (excludes halogenated alkanes) is 20. The second-order valence-electron chi connectivity index (χ2n) is 15.6. The molecular formula is C50H87NO5. The van der Waals surface area contributed by atoms with Gasteiger partial charge in [-0.1, -0.05) is 203 Å². The number of hydrogen-bond acceptors (Lipinski definition) is 5. The summed E-state index contributed by atoms with van der Waals surface area (Å²) in [5.74, 6) is -0.529. The fourth-order valence-corrected chi connectivity index (χ4v) is 6.58. The normalized spacial score (nSPS) is 14.0. The summed E-state index contributed by atoms with van der Waals surface area (Å²) >= 11 is 0. The van der Waals surface area contributed by atoms with E-state index in [2.05, 4.69) is 74.7 Å². The van der Waals surface area contributed by atoms with Gasteiger partial charge in [0.25, 0.3) is 0 Å². The lowest BCUT2D eigenvalue weighted by atomic mass is 10.0. The second-order valence-corrected chi connectivity index (χ2v) is 15.6. The number of esters is 1. The van der Waals surface area contributed by atoms with Crippen molar-refractivity contribution in [1.29, 1.82) is 0 Å². The van der Waals surface area contributed by atoms with E-state index >= 15 is 0 Å². The van der Waals surface area contributed by atoms with Crippen LogP contribution in [0, 0.1) is 0 Å². The molecule has 0 spiro atoms. The summed E-state index contributed by atoms with van der Waals surface area (Å²) in [4.78, 5) is 25.9. The first kappa shape index (κ1) is 53.3. The number of amides is 1. The summed E-state index contributed by atoms with van der Waals surface area (Å²) in [5, 5.41) is 23.6. The van der Waals surface area contributed by atoms with Crippen LogP contribution in [-0.4, -0.2) is 46.9 Å². The molecule has 1 amide bonds. The summed E-state index contributed by atoms with van der Waals surface area (Å²) in [7, 11) is 0. The molecule has 322 valence electrons. The minimum atomic E-state index is -0.796. The van der Waals surface area contributed by atoms with Crippen molar-refractivity contribution in [3.05, 3.63) is 72.9 Å². The van der Waals surface area contributed by atoms with Crippen molar-refractivity contribution in [3.8, 4) is 0 Å². The van der Waals surface area contributed by atoms with Crippen LogP contribution < -0.4 is 5.32 Å². The zero-order valence-corrected chi connectivity index (χ0v) is 36.5. The Bertz CT molecular complexity index is 1060. The zero-order chi connectivity index (χ0) is 41.0. The molecule has 0 fully saturated rings. The Morgan fingerprint density at radius 3 is 1.55 bits per heavy atom. The number of rotatable bonds is 40. The predicted octanol–water partition coefficient (Wildman–Crippen LogP) is 13.4. The Balaban J connectivity index is 4.54. The van der Waals surface area contributed by atoms with Crippen LogP contribution >= 0.6 is 0 Å². The number of allylic oxidation sites excluding steroid dienone is 12. The van der Waals surface area contributed by atoms with Gasteiger partial charge in [0, 0.05) is 6.42 Å². The summed E-state index contributed by atoms with van der Waals surface area (Å²) in [6.45, 7) is 6.29. The molecule has 56 heavy (non-hydrogen) atoms. The fraction of sp³-hybridized carbons (Fsp3) is 0.720. The first-order valence-corrected chi connectivity index (χ1v) is 23.2. The van der Waals surface area contributed by atoms with Crippen molar-refractivity contribution in [3.63, 3.8) is 0 Å². The van der Waals surface area contributed by atoms with Gasteiger partial charge >= 0.3 is 5.97 Å². The molecule has 0 aliphatic heterocycles. The first-order chi connectivity index (χ1) is 27.5. The average molecular weight is 782 g/mol. The number of aliphatic hydroxyl groups excluding tert-OH is 2. The van der Waals surface area contributed by atoms with Gasteiger partial charge in [0.15, 0.2) is 0 Å². The van der Waals surface area contributed by atoms with E-state index in [1.54, 1.807) is 0 Å². The highest BCUT2D eigenvalue weighted by Gasteiger charge is 2.24. The highest BCUT2D eigenvalue weighted by Crippen LogP contribution is 2.17. The quantitative estimate of drug-likeness (QED) is 0.0249. The van der Waals surface area contributed by atoms with Crippen molar-refractivity contribution >= 4 is 11.9 Å². The highest BCUT2D eigenvalue weighted by molar-refractivity contribution is 5.77. The number of carbonyl (C=O) groups excluding carboxylic acids is 2. The molecule has 3 unspecified atom stereocenters. The van der Waals surface area contributed by atoms with Crippen molar-refractivity contribution in [2.75, 3.05) is 6.61 Å². The van der Waals surface area contributed by atoms with Crippen molar-refractivity contribution in [2.45, 2.75) is 225 Å². The van der Waals surface area contributed by atoms with Crippen LogP contribution in [0.2, 0.25) is 0 Å². The van der Waals surface area contributed by atoms with E-state index in [0.29, 0.717) is 19.3 Å². The van der Waals surface area contributed by atoms with Crippen LogP contribution in [0.4, 0.5) is 0 Å². The monoisotopic (exact) mass is 782 g/mol. The number of hydrogen-bond donors (Lipinski definition) is 3. The van der Waals surface area contributed by atoms with Crippen LogP contribution in [0.1, 0.15) is 207 Å². The molecule has 0 rings (SSSR count). The van der Waals surface area contributed by atoms with Gasteiger partial charge in [-0.05, 0) is 64.2 Å². The third-order valence-electron chi connectivity index (χ3n) is 10.1. The third-order valence-corrected chi connectivity index (χ3v) is 10.1.